The van der Waals surface area contributed by atoms with Crippen LogP contribution >= 0.6 is 11.8 Å². The number of hydrogen-bond donors (Lipinski definition) is 1. The number of β-amino-alcohol motifs (C(OH)–C–C–N with tert-alkyl or cyclic N) is 1. The average Bonchev–Trinajstić information content (AvgIpc) is 3.27. The summed E-state index contributed by atoms with van der Waals surface area (Å²) in [5, 5.41) is 21.3. The minimum Gasteiger partial charge on any atom is -0.386 e. The zero-order valence-electron chi connectivity index (χ0n) is 11.6. The molecule has 0 aromatic heterocycles. The van der Waals surface area contributed by atoms with Gasteiger partial charge in [-0.15, -0.1) is 11.8 Å². The third-order valence-electron chi connectivity index (χ3n) is 4.18. The number of benzene rings is 1. The van der Waals surface area contributed by atoms with Crippen molar-refractivity contribution in [3.8, 4) is 0 Å². The lowest BCUT2D eigenvalue weighted by Gasteiger charge is -2.47. The quantitative estimate of drug-likeness (QED) is 0.522. The largest absolute Gasteiger partial charge is 0.386 e. The highest BCUT2D eigenvalue weighted by Crippen LogP contribution is 2.44. The van der Waals surface area contributed by atoms with Crippen LogP contribution in [-0.4, -0.2) is 45.8 Å². The Bertz CT molecular complexity index is 609. The number of nitro groups is 1. The maximum Gasteiger partial charge on any atom is 0.283 e. The Labute approximate surface area is 126 Å². The number of carbonyl (C=O) groups excluding carboxylic acids is 1. The fourth-order valence-electron chi connectivity index (χ4n) is 2.79. The van der Waals surface area contributed by atoms with Crippen molar-refractivity contribution in [3.63, 3.8) is 0 Å². The van der Waals surface area contributed by atoms with E-state index in [1.165, 1.54) is 17.8 Å². The van der Waals surface area contributed by atoms with Gasteiger partial charge in [0, 0.05) is 11.6 Å². The summed E-state index contributed by atoms with van der Waals surface area (Å²) in [6.45, 7) is 0.656. The first-order valence-corrected chi connectivity index (χ1v) is 8.01. The summed E-state index contributed by atoms with van der Waals surface area (Å²) in [5.74, 6) is 0.0610. The molecule has 1 aliphatic carbocycles. The van der Waals surface area contributed by atoms with Crippen LogP contribution < -0.4 is 0 Å². The van der Waals surface area contributed by atoms with Gasteiger partial charge in [-0.3, -0.25) is 14.9 Å². The number of carbonyl (C=O) groups is 1. The zero-order chi connectivity index (χ0) is 15.2. The number of aliphatic hydroxyl groups is 1. The Balaban J connectivity index is 1.76. The molecule has 2 aliphatic rings. The number of nitrogens with zero attached hydrogens (tertiary/aromatic N) is 2. The van der Waals surface area contributed by atoms with E-state index in [-0.39, 0.29) is 11.6 Å². The van der Waals surface area contributed by atoms with E-state index in [2.05, 4.69) is 0 Å². The molecule has 1 saturated carbocycles. The molecule has 1 heterocycles. The van der Waals surface area contributed by atoms with Crippen LogP contribution in [0.4, 0.5) is 5.69 Å². The molecule has 1 aliphatic heterocycles. The van der Waals surface area contributed by atoms with Crippen molar-refractivity contribution in [2.45, 2.75) is 23.3 Å². The molecule has 2 fully saturated rings. The predicted octanol–water partition coefficient (Wildman–Crippen LogP) is 1.91. The third kappa shape index (κ3) is 2.51. The lowest BCUT2D eigenvalue weighted by Crippen LogP contribution is -2.64. The van der Waals surface area contributed by atoms with Crippen molar-refractivity contribution in [2.75, 3.05) is 19.3 Å². The fraction of sp³-hybridized carbons (Fsp3) is 0.500. The van der Waals surface area contributed by atoms with Crippen LogP contribution in [0.25, 0.3) is 0 Å². The van der Waals surface area contributed by atoms with Crippen LogP contribution in [0.15, 0.2) is 23.1 Å². The van der Waals surface area contributed by atoms with Crippen molar-refractivity contribution < 1.29 is 14.8 Å². The normalized spacial score (nSPS) is 20.0. The molecule has 0 spiro atoms. The van der Waals surface area contributed by atoms with Crippen molar-refractivity contribution in [1.29, 1.82) is 0 Å². The molecule has 1 N–H and O–H groups in total. The number of rotatable bonds is 4. The van der Waals surface area contributed by atoms with E-state index in [4.69, 9.17) is 0 Å². The molecule has 0 radical (unpaired) electrons. The molecule has 1 aromatic rings. The molecule has 1 aromatic carbocycles. The van der Waals surface area contributed by atoms with Crippen LogP contribution in [0.5, 0.6) is 0 Å². The van der Waals surface area contributed by atoms with Crippen LogP contribution in [0, 0.1) is 16.0 Å². The van der Waals surface area contributed by atoms with Gasteiger partial charge in [0.2, 0.25) is 0 Å². The number of amides is 1. The van der Waals surface area contributed by atoms with Gasteiger partial charge in [-0.2, -0.15) is 0 Å². The molecule has 21 heavy (non-hydrogen) atoms. The molecule has 1 saturated heterocycles. The second-order valence-corrected chi connectivity index (χ2v) is 6.53. The maximum atomic E-state index is 12.3. The summed E-state index contributed by atoms with van der Waals surface area (Å²) in [7, 11) is 0. The highest BCUT2D eigenvalue weighted by Gasteiger charge is 2.53. The molecule has 0 bridgehead atoms. The summed E-state index contributed by atoms with van der Waals surface area (Å²) in [5.41, 5.74) is -0.482. The van der Waals surface area contributed by atoms with Gasteiger partial charge in [0.05, 0.1) is 22.9 Å². The van der Waals surface area contributed by atoms with Crippen molar-refractivity contribution >= 4 is 23.4 Å². The van der Waals surface area contributed by atoms with Crippen molar-refractivity contribution in [3.05, 3.63) is 33.9 Å². The number of hydrogen-bond acceptors (Lipinski definition) is 5. The van der Waals surface area contributed by atoms with E-state index in [0.717, 1.165) is 12.8 Å². The minimum atomic E-state index is -0.735. The molecule has 112 valence electrons. The standard InChI is InChI=1S/C14H16N2O4S/c1-21-12-5-2-9(6-11(12)16(19)20)13(17)15-7-14(18,8-15)10-3-4-10/h2,5-6,10,18H,3-4,7-8H2,1H3. The van der Waals surface area contributed by atoms with E-state index in [1.807, 2.05) is 0 Å². The molecule has 1 amide bonds. The summed E-state index contributed by atoms with van der Waals surface area (Å²) >= 11 is 1.28. The first kappa shape index (κ1) is 14.3. The van der Waals surface area contributed by atoms with E-state index >= 15 is 0 Å². The Morgan fingerprint density at radius 3 is 2.67 bits per heavy atom. The molecule has 0 unspecified atom stereocenters. The van der Waals surface area contributed by atoms with Gasteiger partial charge in [0.15, 0.2) is 0 Å². The Morgan fingerprint density at radius 1 is 1.48 bits per heavy atom. The van der Waals surface area contributed by atoms with Gasteiger partial charge in [0.1, 0.15) is 5.60 Å². The van der Waals surface area contributed by atoms with Gasteiger partial charge in [0.25, 0.3) is 11.6 Å². The fourth-order valence-corrected chi connectivity index (χ4v) is 3.33. The van der Waals surface area contributed by atoms with Crippen LogP contribution in [-0.2, 0) is 0 Å². The van der Waals surface area contributed by atoms with E-state index in [0.29, 0.717) is 29.5 Å². The Kier molecular flexibility index (Phi) is 3.41. The second-order valence-electron chi connectivity index (χ2n) is 5.68. The van der Waals surface area contributed by atoms with E-state index < -0.39 is 10.5 Å². The number of nitro benzene ring substituents is 1. The lowest BCUT2D eigenvalue weighted by molar-refractivity contribution is -0.387. The molecule has 3 rings (SSSR count). The van der Waals surface area contributed by atoms with Gasteiger partial charge in [-0.25, -0.2) is 0 Å². The number of likely N-dealkylation sites (tertiary alicyclic amines) is 1. The molecule has 0 atom stereocenters. The summed E-state index contributed by atoms with van der Waals surface area (Å²) in [6, 6.07) is 4.53. The van der Waals surface area contributed by atoms with Gasteiger partial charge in [-0.1, -0.05) is 0 Å². The minimum absolute atomic E-state index is 0.0497. The number of thioether (sulfide) groups is 1. The van der Waals surface area contributed by atoms with Crippen LogP contribution in [0.1, 0.15) is 23.2 Å². The van der Waals surface area contributed by atoms with Crippen LogP contribution in [0.2, 0.25) is 0 Å². The second kappa shape index (κ2) is 4.99. The summed E-state index contributed by atoms with van der Waals surface area (Å²) in [4.78, 5) is 25.0. The van der Waals surface area contributed by atoms with E-state index in [1.54, 1.807) is 23.3 Å². The molecule has 7 heteroatoms. The molecular formula is C14H16N2O4S. The van der Waals surface area contributed by atoms with Gasteiger partial charge >= 0.3 is 0 Å². The first-order valence-electron chi connectivity index (χ1n) is 6.79. The SMILES string of the molecule is CSc1ccc(C(=O)N2CC(O)(C3CC3)C2)cc1[N+](=O)[O-]. The Hall–Kier alpha value is -1.60. The molecular weight excluding hydrogens is 292 g/mol. The van der Waals surface area contributed by atoms with Gasteiger partial charge in [-0.05, 0) is 37.1 Å². The smallest absolute Gasteiger partial charge is 0.283 e. The third-order valence-corrected chi connectivity index (χ3v) is 4.96. The topological polar surface area (TPSA) is 83.7 Å². The maximum absolute atomic E-state index is 12.3. The average molecular weight is 308 g/mol. The Morgan fingerprint density at radius 2 is 2.14 bits per heavy atom. The van der Waals surface area contributed by atoms with Crippen LogP contribution in [0.3, 0.4) is 0 Å². The summed E-state index contributed by atoms with van der Waals surface area (Å²) in [6.07, 6.45) is 3.80. The lowest BCUT2D eigenvalue weighted by atomic mass is 9.88. The van der Waals surface area contributed by atoms with Crippen molar-refractivity contribution in [2.24, 2.45) is 5.92 Å². The summed E-state index contributed by atoms with van der Waals surface area (Å²) < 4.78 is 0. The zero-order valence-corrected chi connectivity index (χ0v) is 12.4. The highest BCUT2D eigenvalue weighted by molar-refractivity contribution is 7.98. The van der Waals surface area contributed by atoms with E-state index in [9.17, 15) is 20.0 Å². The predicted molar refractivity (Wildman–Crippen MR) is 78.5 cm³/mol. The van der Waals surface area contributed by atoms with Crippen molar-refractivity contribution in [1.82, 2.24) is 4.90 Å². The highest BCUT2D eigenvalue weighted by atomic mass is 32.2. The van der Waals surface area contributed by atoms with Gasteiger partial charge < -0.3 is 10.0 Å². The monoisotopic (exact) mass is 308 g/mol. The first-order chi connectivity index (χ1) is 9.94. The molecule has 6 nitrogen and oxygen atoms in total.